The van der Waals surface area contributed by atoms with Crippen molar-refractivity contribution >= 4 is 27.5 Å². The van der Waals surface area contributed by atoms with Crippen LogP contribution in [0.3, 0.4) is 0 Å². The summed E-state index contributed by atoms with van der Waals surface area (Å²) in [5.74, 6) is 0.531. The quantitative estimate of drug-likeness (QED) is 0.839. The Kier molecular flexibility index (Phi) is 5.65. The number of methoxy groups -OCH3 is 1. The van der Waals surface area contributed by atoms with E-state index in [0.29, 0.717) is 11.6 Å². The number of ether oxygens (including phenoxy) is 1. The van der Waals surface area contributed by atoms with Crippen molar-refractivity contribution in [1.82, 2.24) is 0 Å². The number of aliphatic hydroxyl groups excluding tert-OH is 1. The first-order valence-electron chi connectivity index (χ1n) is 6.54. The molecule has 2 rings (SSSR count). The maximum Gasteiger partial charge on any atom is 0.119 e. The van der Waals surface area contributed by atoms with Gasteiger partial charge in [-0.2, -0.15) is 0 Å². The predicted molar refractivity (Wildman–Crippen MR) is 88.9 cm³/mol. The van der Waals surface area contributed by atoms with E-state index in [-0.39, 0.29) is 5.92 Å². The molecule has 21 heavy (non-hydrogen) atoms. The van der Waals surface area contributed by atoms with E-state index >= 15 is 0 Å². The molecule has 0 aromatic heterocycles. The van der Waals surface area contributed by atoms with Gasteiger partial charge in [0.1, 0.15) is 5.75 Å². The highest BCUT2D eigenvalue weighted by Gasteiger charge is 2.22. The highest BCUT2D eigenvalue weighted by molar-refractivity contribution is 9.10. The highest BCUT2D eigenvalue weighted by atomic mass is 79.9. The van der Waals surface area contributed by atoms with E-state index < -0.39 is 6.10 Å². The fourth-order valence-electron chi connectivity index (χ4n) is 2.25. The second kappa shape index (κ2) is 7.27. The smallest absolute Gasteiger partial charge is 0.119 e. The molecule has 0 fully saturated rings. The minimum Gasteiger partial charge on any atom is -0.497 e. The molecule has 3 nitrogen and oxygen atoms in total. The van der Waals surface area contributed by atoms with Crippen molar-refractivity contribution in [3.63, 3.8) is 0 Å². The number of benzene rings is 2. The molecule has 2 atom stereocenters. The second-order valence-corrected chi connectivity index (χ2v) is 6.00. The summed E-state index contributed by atoms with van der Waals surface area (Å²) in [4.78, 5) is 0. The summed E-state index contributed by atoms with van der Waals surface area (Å²) in [5.41, 5.74) is 7.57. The van der Waals surface area contributed by atoms with Gasteiger partial charge in [0.25, 0.3) is 0 Å². The van der Waals surface area contributed by atoms with E-state index in [1.165, 1.54) is 0 Å². The van der Waals surface area contributed by atoms with E-state index in [1.54, 1.807) is 19.2 Å². The number of hydrogen-bond acceptors (Lipinski definition) is 3. The minimum absolute atomic E-state index is 0.215. The normalized spacial score (nSPS) is 13.8. The molecule has 112 valence electrons. The van der Waals surface area contributed by atoms with Gasteiger partial charge < -0.3 is 15.6 Å². The van der Waals surface area contributed by atoms with Crippen molar-refractivity contribution in [3.05, 3.63) is 63.1 Å². The molecule has 3 N–H and O–H groups in total. The summed E-state index contributed by atoms with van der Waals surface area (Å²) in [6, 6.07) is 13.0. The lowest BCUT2D eigenvalue weighted by atomic mass is 9.89. The fourth-order valence-corrected chi connectivity index (χ4v) is 2.76. The summed E-state index contributed by atoms with van der Waals surface area (Å²) >= 11 is 9.36. The van der Waals surface area contributed by atoms with Crippen LogP contribution in [0.2, 0.25) is 5.02 Å². The van der Waals surface area contributed by atoms with Gasteiger partial charge in [-0.25, -0.2) is 0 Å². The molecule has 0 amide bonds. The van der Waals surface area contributed by atoms with E-state index in [4.69, 9.17) is 22.1 Å². The minimum atomic E-state index is -0.712. The topological polar surface area (TPSA) is 55.5 Å². The van der Waals surface area contributed by atoms with Gasteiger partial charge in [-0.1, -0.05) is 29.8 Å². The van der Waals surface area contributed by atoms with Crippen molar-refractivity contribution in [2.45, 2.75) is 12.0 Å². The largest absolute Gasteiger partial charge is 0.497 e. The van der Waals surface area contributed by atoms with E-state index in [0.717, 1.165) is 21.3 Å². The summed E-state index contributed by atoms with van der Waals surface area (Å²) in [7, 11) is 1.61. The number of nitrogens with two attached hydrogens (primary N) is 1. The van der Waals surface area contributed by atoms with Crippen molar-refractivity contribution in [2.24, 2.45) is 5.73 Å². The molecule has 0 radical (unpaired) electrons. The zero-order chi connectivity index (χ0) is 15.4. The Bertz CT molecular complexity index is 621. The van der Waals surface area contributed by atoms with Crippen molar-refractivity contribution in [2.75, 3.05) is 13.7 Å². The first-order chi connectivity index (χ1) is 10.1. The van der Waals surface area contributed by atoms with Crippen LogP contribution in [0.15, 0.2) is 46.9 Å². The fraction of sp³-hybridized carbons (Fsp3) is 0.250. The van der Waals surface area contributed by atoms with Crippen LogP contribution in [0.4, 0.5) is 0 Å². The van der Waals surface area contributed by atoms with Gasteiger partial charge in [-0.05, 0) is 51.3 Å². The van der Waals surface area contributed by atoms with Crippen LogP contribution in [-0.4, -0.2) is 18.8 Å². The summed E-state index contributed by atoms with van der Waals surface area (Å²) < 4.78 is 5.97. The Hall–Kier alpha value is -1.07. The summed E-state index contributed by atoms with van der Waals surface area (Å²) in [6.07, 6.45) is -0.712. The average Bonchev–Trinajstić information content (AvgIpc) is 2.51. The van der Waals surface area contributed by atoms with Gasteiger partial charge in [0, 0.05) is 16.9 Å². The Balaban J connectivity index is 2.32. The average molecular weight is 371 g/mol. The zero-order valence-electron chi connectivity index (χ0n) is 11.6. The lowest BCUT2D eigenvalue weighted by Gasteiger charge is -2.23. The van der Waals surface area contributed by atoms with Crippen LogP contribution in [-0.2, 0) is 0 Å². The summed E-state index contributed by atoms with van der Waals surface area (Å²) in [6.45, 7) is 0.328. The van der Waals surface area contributed by atoms with Crippen molar-refractivity contribution < 1.29 is 9.84 Å². The van der Waals surface area contributed by atoms with Crippen LogP contribution >= 0.6 is 27.5 Å². The number of halogens is 2. The molecular formula is C16H17BrClNO2. The Morgan fingerprint density at radius 3 is 2.62 bits per heavy atom. The number of hydrogen-bond donors (Lipinski definition) is 2. The Morgan fingerprint density at radius 1 is 1.24 bits per heavy atom. The van der Waals surface area contributed by atoms with E-state index in [9.17, 15) is 5.11 Å². The van der Waals surface area contributed by atoms with Crippen LogP contribution in [0.1, 0.15) is 23.1 Å². The van der Waals surface area contributed by atoms with Crippen LogP contribution in [0, 0.1) is 0 Å². The summed E-state index contributed by atoms with van der Waals surface area (Å²) in [5, 5.41) is 11.2. The zero-order valence-corrected chi connectivity index (χ0v) is 13.9. The van der Waals surface area contributed by atoms with Gasteiger partial charge >= 0.3 is 0 Å². The molecule has 0 aliphatic rings. The lowest BCUT2D eigenvalue weighted by Crippen LogP contribution is -2.20. The molecule has 2 aromatic rings. The molecule has 0 bridgehead atoms. The van der Waals surface area contributed by atoms with Gasteiger partial charge in [0.05, 0.1) is 18.2 Å². The highest BCUT2D eigenvalue weighted by Crippen LogP contribution is 2.34. The first kappa shape index (κ1) is 16.3. The molecule has 0 saturated carbocycles. The van der Waals surface area contributed by atoms with E-state index in [1.807, 2.05) is 30.3 Å². The Morgan fingerprint density at radius 2 is 2.00 bits per heavy atom. The van der Waals surface area contributed by atoms with Gasteiger partial charge in [-0.3, -0.25) is 0 Å². The third kappa shape index (κ3) is 3.77. The molecule has 0 saturated heterocycles. The van der Waals surface area contributed by atoms with Gasteiger partial charge in [0.2, 0.25) is 0 Å². The molecule has 0 aliphatic carbocycles. The molecule has 5 heteroatoms. The Labute approximate surface area is 137 Å². The van der Waals surface area contributed by atoms with Crippen molar-refractivity contribution in [1.29, 1.82) is 0 Å². The second-order valence-electron chi connectivity index (χ2n) is 4.74. The van der Waals surface area contributed by atoms with Crippen LogP contribution in [0.25, 0.3) is 0 Å². The lowest BCUT2D eigenvalue weighted by molar-refractivity contribution is 0.147. The van der Waals surface area contributed by atoms with Crippen LogP contribution < -0.4 is 10.5 Å². The SMILES string of the molecule is COc1cccc(C(CN)C(O)c2ccc(Cl)c(Br)c2)c1. The predicted octanol–water partition coefficient (Wildman–Crippen LogP) is 3.89. The third-order valence-corrected chi connectivity index (χ3v) is 4.66. The maximum absolute atomic E-state index is 10.6. The van der Waals surface area contributed by atoms with Gasteiger partial charge in [-0.15, -0.1) is 0 Å². The molecule has 0 spiro atoms. The molecule has 0 heterocycles. The van der Waals surface area contributed by atoms with Crippen molar-refractivity contribution in [3.8, 4) is 5.75 Å². The standard InChI is InChI=1S/C16H17BrClNO2/c1-21-12-4-2-3-10(7-12)13(9-19)16(20)11-5-6-15(18)14(17)8-11/h2-8,13,16,20H,9,19H2,1H3. The molecular weight excluding hydrogens is 354 g/mol. The first-order valence-corrected chi connectivity index (χ1v) is 7.71. The van der Waals surface area contributed by atoms with Gasteiger partial charge in [0.15, 0.2) is 0 Å². The van der Waals surface area contributed by atoms with E-state index in [2.05, 4.69) is 15.9 Å². The third-order valence-electron chi connectivity index (χ3n) is 3.44. The molecule has 2 aromatic carbocycles. The number of rotatable bonds is 5. The monoisotopic (exact) mass is 369 g/mol. The molecule has 0 aliphatic heterocycles. The maximum atomic E-state index is 10.6. The van der Waals surface area contributed by atoms with Crippen LogP contribution in [0.5, 0.6) is 5.75 Å². The number of aliphatic hydroxyl groups is 1. The molecule has 2 unspecified atom stereocenters.